The van der Waals surface area contributed by atoms with Crippen molar-refractivity contribution in [2.45, 2.75) is 38.8 Å². The summed E-state index contributed by atoms with van der Waals surface area (Å²) < 4.78 is 5.91. The number of hydrogen-bond donors (Lipinski definition) is 1. The van der Waals surface area contributed by atoms with Gasteiger partial charge in [0.2, 0.25) is 0 Å². The molecule has 0 amide bonds. The van der Waals surface area contributed by atoms with E-state index in [0.717, 1.165) is 17.0 Å². The van der Waals surface area contributed by atoms with Gasteiger partial charge in [-0.2, -0.15) is 0 Å². The summed E-state index contributed by atoms with van der Waals surface area (Å²) in [6.45, 7) is 0.975. The number of ether oxygens (including phenoxy) is 1. The third-order valence-electron chi connectivity index (χ3n) is 3.89. The smallest absolute Gasteiger partial charge is 0.120 e. The highest BCUT2D eigenvalue weighted by atomic mass is 16.5. The number of nitrogens with zero attached hydrogens (tertiary/aromatic N) is 1. The molecule has 0 aliphatic heterocycles. The molecule has 0 saturated heterocycles. The Morgan fingerprint density at radius 2 is 1.95 bits per heavy atom. The van der Waals surface area contributed by atoms with Crippen LogP contribution in [-0.2, 0) is 26.0 Å². The Bertz CT molecular complexity index is 595. The van der Waals surface area contributed by atoms with Gasteiger partial charge in [0.1, 0.15) is 12.4 Å². The molecule has 0 radical (unpaired) electrons. The molecule has 1 heterocycles. The Balaban J connectivity index is 1.72. The second kappa shape index (κ2) is 6.06. The van der Waals surface area contributed by atoms with E-state index in [2.05, 4.69) is 23.2 Å². The van der Waals surface area contributed by atoms with Gasteiger partial charge in [-0.1, -0.05) is 12.1 Å². The predicted molar refractivity (Wildman–Crippen MR) is 79.5 cm³/mol. The van der Waals surface area contributed by atoms with Crippen molar-refractivity contribution in [3.8, 4) is 5.75 Å². The Morgan fingerprint density at radius 1 is 1.10 bits per heavy atom. The van der Waals surface area contributed by atoms with Crippen LogP contribution in [0.1, 0.15) is 35.2 Å². The van der Waals surface area contributed by atoms with Gasteiger partial charge in [-0.3, -0.25) is 4.98 Å². The average Bonchev–Trinajstić information content (AvgIpc) is 2.53. The molecule has 0 bridgehead atoms. The first-order chi connectivity index (χ1) is 9.86. The zero-order valence-electron chi connectivity index (χ0n) is 11.6. The first-order valence-electron chi connectivity index (χ1n) is 7.24. The quantitative estimate of drug-likeness (QED) is 0.927. The summed E-state index contributed by atoms with van der Waals surface area (Å²) in [6.07, 6.45) is 6.74. The lowest BCUT2D eigenvalue weighted by molar-refractivity contribution is 0.303. The highest BCUT2D eigenvalue weighted by Crippen LogP contribution is 2.25. The van der Waals surface area contributed by atoms with Crippen molar-refractivity contribution >= 4 is 0 Å². The van der Waals surface area contributed by atoms with Gasteiger partial charge >= 0.3 is 0 Å². The van der Waals surface area contributed by atoms with Crippen molar-refractivity contribution in [2.75, 3.05) is 0 Å². The second-order valence-corrected chi connectivity index (χ2v) is 5.24. The van der Waals surface area contributed by atoms with Crippen LogP contribution in [0.5, 0.6) is 5.75 Å². The van der Waals surface area contributed by atoms with Crippen molar-refractivity contribution in [1.82, 2.24) is 4.98 Å². The maximum Gasteiger partial charge on any atom is 0.120 e. The molecular formula is C17H20N2O. The lowest BCUT2D eigenvalue weighted by Gasteiger charge is -2.17. The van der Waals surface area contributed by atoms with Crippen LogP contribution in [0.3, 0.4) is 0 Å². The second-order valence-electron chi connectivity index (χ2n) is 5.24. The van der Waals surface area contributed by atoms with Crippen LogP contribution in [0, 0.1) is 0 Å². The molecule has 0 spiro atoms. The molecule has 0 unspecified atom stereocenters. The number of rotatable bonds is 4. The van der Waals surface area contributed by atoms with E-state index in [0.29, 0.717) is 13.2 Å². The zero-order chi connectivity index (χ0) is 13.8. The first kappa shape index (κ1) is 13.1. The number of pyridine rings is 1. The molecule has 0 fully saturated rings. The van der Waals surface area contributed by atoms with Crippen LogP contribution in [0.4, 0.5) is 0 Å². The van der Waals surface area contributed by atoms with Crippen LogP contribution >= 0.6 is 0 Å². The Labute approximate surface area is 119 Å². The minimum absolute atomic E-state index is 0.448. The van der Waals surface area contributed by atoms with Gasteiger partial charge in [0, 0.05) is 18.3 Å². The van der Waals surface area contributed by atoms with E-state index >= 15 is 0 Å². The molecule has 20 heavy (non-hydrogen) atoms. The minimum atomic E-state index is 0.448. The van der Waals surface area contributed by atoms with Gasteiger partial charge in [-0.25, -0.2) is 0 Å². The molecule has 1 aromatic carbocycles. The molecule has 3 nitrogen and oxygen atoms in total. The molecule has 3 rings (SSSR count). The van der Waals surface area contributed by atoms with Gasteiger partial charge < -0.3 is 10.5 Å². The Morgan fingerprint density at radius 3 is 2.80 bits per heavy atom. The molecule has 1 aromatic heterocycles. The van der Waals surface area contributed by atoms with Crippen LogP contribution < -0.4 is 10.5 Å². The molecular weight excluding hydrogens is 248 g/mol. The van der Waals surface area contributed by atoms with E-state index in [-0.39, 0.29) is 0 Å². The van der Waals surface area contributed by atoms with Crippen LogP contribution in [0.25, 0.3) is 0 Å². The van der Waals surface area contributed by atoms with E-state index < -0.39 is 0 Å². The standard InChI is InChI=1S/C17H20N2O/c18-11-17-15(6-3-9-19-17)12-20-16-8-7-13-4-1-2-5-14(13)10-16/h3,6-10H,1-2,4-5,11-12,18H2. The van der Waals surface area contributed by atoms with Gasteiger partial charge in [-0.15, -0.1) is 0 Å². The summed E-state index contributed by atoms with van der Waals surface area (Å²) in [7, 11) is 0. The molecule has 0 atom stereocenters. The Kier molecular flexibility index (Phi) is 3.97. The maximum atomic E-state index is 5.91. The zero-order valence-corrected chi connectivity index (χ0v) is 11.6. The molecule has 2 aromatic rings. The van der Waals surface area contributed by atoms with Gasteiger partial charge in [0.15, 0.2) is 0 Å². The topological polar surface area (TPSA) is 48.1 Å². The molecule has 104 valence electrons. The van der Waals surface area contributed by atoms with Gasteiger partial charge in [0.05, 0.1) is 5.69 Å². The SMILES string of the molecule is NCc1ncccc1COc1ccc2c(c1)CCCC2. The van der Waals surface area contributed by atoms with Crippen LogP contribution in [0.2, 0.25) is 0 Å². The van der Waals surface area contributed by atoms with E-state index in [1.807, 2.05) is 12.1 Å². The molecule has 1 aliphatic carbocycles. The van der Waals surface area contributed by atoms with E-state index in [4.69, 9.17) is 10.5 Å². The van der Waals surface area contributed by atoms with E-state index in [1.165, 1.54) is 36.8 Å². The van der Waals surface area contributed by atoms with Gasteiger partial charge in [0.25, 0.3) is 0 Å². The monoisotopic (exact) mass is 268 g/mol. The van der Waals surface area contributed by atoms with Crippen molar-refractivity contribution in [3.05, 3.63) is 58.9 Å². The third-order valence-corrected chi connectivity index (χ3v) is 3.89. The lowest BCUT2D eigenvalue weighted by Crippen LogP contribution is -2.07. The van der Waals surface area contributed by atoms with Crippen molar-refractivity contribution in [3.63, 3.8) is 0 Å². The van der Waals surface area contributed by atoms with E-state index in [9.17, 15) is 0 Å². The lowest BCUT2D eigenvalue weighted by atomic mass is 9.92. The fraction of sp³-hybridized carbons (Fsp3) is 0.353. The number of benzene rings is 1. The number of aryl methyl sites for hydroxylation is 2. The summed E-state index contributed by atoms with van der Waals surface area (Å²) in [5.74, 6) is 0.942. The summed E-state index contributed by atoms with van der Waals surface area (Å²) in [5, 5.41) is 0. The van der Waals surface area contributed by atoms with Crippen LogP contribution in [-0.4, -0.2) is 4.98 Å². The van der Waals surface area contributed by atoms with Crippen molar-refractivity contribution in [2.24, 2.45) is 5.73 Å². The Hall–Kier alpha value is -1.87. The molecule has 2 N–H and O–H groups in total. The predicted octanol–water partition coefficient (Wildman–Crippen LogP) is 3.00. The highest BCUT2D eigenvalue weighted by Gasteiger charge is 2.10. The molecule has 1 aliphatic rings. The normalized spacial score (nSPS) is 13.8. The third kappa shape index (κ3) is 2.83. The number of fused-ring (bicyclic) bond motifs is 1. The first-order valence-corrected chi connectivity index (χ1v) is 7.24. The fourth-order valence-corrected chi connectivity index (χ4v) is 2.75. The summed E-state index contributed by atoms with van der Waals surface area (Å²) >= 11 is 0. The molecule has 3 heteroatoms. The summed E-state index contributed by atoms with van der Waals surface area (Å²) in [6, 6.07) is 10.4. The van der Waals surface area contributed by atoms with E-state index in [1.54, 1.807) is 6.20 Å². The fourth-order valence-electron chi connectivity index (χ4n) is 2.75. The minimum Gasteiger partial charge on any atom is -0.489 e. The van der Waals surface area contributed by atoms with Crippen molar-refractivity contribution in [1.29, 1.82) is 0 Å². The van der Waals surface area contributed by atoms with Gasteiger partial charge in [-0.05, 0) is 55.0 Å². The highest BCUT2D eigenvalue weighted by molar-refractivity contribution is 5.37. The maximum absolute atomic E-state index is 5.91. The largest absolute Gasteiger partial charge is 0.489 e. The summed E-state index contributed by atoms with van der Waals surface area (Å²) in [4.78, 5) is 4.27. The van der Waals surface area contributed by atoms with Crippen LogP contribution in [0.15, 0.2) is 36.5 Å². The van der Waals surface area contributed by atoms with Crippen molar-refractivity contribution < 1.29 is 4.74 Å². The average molecular weight is 268 g/mol. The number of nitrogens with two attached hydrogens (primary N) is 1. The number of aromatic nitrogens is 1. The number of hydrogen-bond acceptors (Lipinski definition) is 3. The summed E-state index contributed by atoms with van der Waals surface area (Å²) in [5.41, 5.74) is 10.6. The molecule has 0 saturated carbocycles.